The largest absolute Gasteiger partial charge is 0.414 e. The van der Waals surface area contributed by atoms with E-state index in [1.165, 1.54) is 18.3 Å². The fourth-order valence-electron chi connectivity index (χ4n) is 1.23. The summed E-state index contributed by atoms with van der Waals surface area (Å²) in [6.45, 7) is 1.47. The van der Waals surface area contributed by atoms with Crippen LogP contribution in [-0.4, -0.2) is 17.4 Å². The maximum Gasteiger partial charge on any atom is 0.414 e. The lowest BCUT2D eigenvalue weighted by molar-refractivity contribution is -0.209. The van der Waals surface area contributed by atoms with E-state index in [1.54, 1.807) is 11.4 Å². The van der Waals surface area contributed by atoms with Crippen molar-refractivity contribution < 1.29 is 18.3 Å². The smallest absolute Gasteiger partial charge is 0.384 e. The quantitative estimate of drug-likeness (QED) is 0.900. The summed E-state index contributed by atoms with van der Waals surface area (Å²) in [5.74, 6) is 0. The van der Waals surface area contributed by atoms with Crippen molar-refractivity contribution in [2.45, 2.75) is 31.2 Å². The third-order valence-corrected chi connectivity index (χ3v) is 4.10. The van der Waals surface area contributed by atoms with Gasteiger partial charge in [0.25, 0.3) is 0 Å². The van der Waals surface area contributed by atoms with E-state index in [0.717, 1.165) is 4.47 Å². The summed E-state index contributed by atoms with van der Waals surface area (Å²) in [7, 11) is 0. The van der Waals surface area contributed by atoms with Crippen LogP contribution in [-0.2, 0) is 5.54 Å². The molecule has 0 fully saturated rings. The summed E-state index contributed by atoms with van der Waals surface area (Å²) in [4.78, 5) is 0.600. The van der Waals surface area contributed by atoms with E-state index in [4.69, 9.17) is 10.8 Å². The van der Waals surface area contributed by atoms with Crippen molar-refractivity contribution in [1.82, 2.24) is 0 Å². The van der Waals surface area contributed by atoms with Crippen molar-refractivity contribution in [3.05, 3.63) is 20.8 Å². The maximum absolute atomic E-state index is 12.2. The molecule has 1 aromatic heterocycles. The molecule has 0 unspecified atom stereocenters. The van der Waals surface area contributed by atoms with Gasteiger partial charge in [-0.25, -0.2) is 0 Å². The van der Waals surface area contributed by atoms with Crippen LogP contribution in [0.25, 0.3) is 0 Å². The van der Waals surface area contributed by atoms with Crippen LogP contribution in [0.1, 0.15) is 18.2 Å². The van der Waals surface area contributed by atoms with Gasteiger partial charge in [0, 0.05) is 21.2 Å². The van der Waals surface area contributed by atoms with Gasteiger partial charge in [-0.15, -0.1) is 11.3 Å². The second-order valence-electron chi connectivity index (χ2n) is 3.81. The van der Waals surface area contributed by atoms with E-state index >= 15 is 0 Å². The molecule has 0 aromatic carbocycles. The van der Waals surface area contributed by atoms with Crippen molar-refractivity contribution >= 4 is 27.3 Å². The number of hydrogen-bond donors (Lipinski definition) is 2. The number of thiophene rings is 1. The highest BCUT2D eigenvalue weighted by molar-refractivity contribution is 9.10. The summed E-state index contributed by atoms with van der Waals surface area (Å²) in [6, 6.07) is 1.66. The second kappa shape index (κ2) is 4.64. The Morgan fingerprint density at radius 2 is 2.12 bits per heavy atom. The Balaban J connectivity index is 2.80. The van der Waals surface area contributed by atoms with Gasteiger partial charge in [0.1, 0.15) is 0 Å². The molecule has 0 radical (unpaired) electrons. The van der Waals surface area contributed by atoms with Gasteiger partial charge in [0.2, 0.25) is 0 Å². The van der Waals surface area contributed by atoms with Crippen LogP contribution >= 0.6 is 27.3 Å². The first-order valence-corrected chi connectivity index (χ1v) is 6.08. The minimum absolute atomic E-state index is 0.552. The molecule has 1 rings (SSSR count). The highest BCUT2D eigenvalue weighted by atomic mass is 79.9. The molecule has 92 valence electrons. The molecule has 3 N–H and O–H groups in total. The normalized spacial score (nSPS) is 18.2. The lowest BCUT2D eigenvalue weighted by Crippen LogP contribution is -2.41. The molecule has 16 heavy (non-hydrogen) atoms. The van der Waals surface area contributed by atoms with E-state index in [9.17, 15) is 13.2 Å². The minimum atomic E-state index is -4.63. The van der Waals surface area contributed by atoms with Gasteiger partial charge in [-0.1, -0.05) is 0 Å². The number of halogens is 4. The van der Waals surface area contributed by atoms with E-state index in [0.29, 0.717) is 4.88 Å². The number of nitrogens with two attached hydrogens (primary N) is 1. The zero-order valence-electron chi connectivity index (χ0n) is 8.38. The molecule has 7 heteroatoms. The molecule has 2 nitrogen and oxygen atoms in total. The predicted molar refractivity (Wildman–Crippen MR) is 60.2 cm³/mol. The third-order valence-electron chi connectivity index (χ3n) is 2.13. The standard InChI is InChI=1S/C9H11BrF3NOS/c1-8(14,3-6(15)9(11,12)13)7-2-5(10)4-16-7/h2,4,6,15H,3,14H2,1H3/t6-,8-/m0/s1. The number of alkyl halides is 3. The Bertz CT molecular complexity index is 364. The molecular formula is C9H11BrF3NOS. The summed E-state index contributed by atoms with van der Waals surface area (Å²) < 4.78 is 37.3. The van der Waals surface area contributed by atoms with Gasteiger partial charge >= 0.3 is 6.18 Å². The lowest BCUT2D eigenvalue weighted by atomic mass is 9.93. The molecule has 0 bridgehead atoms. The number of aliphatic hydroxyl groups is 1. The molecule has 0 saturated heterocycles. The van der Waals surface area contributed by atoms with Crippen LogP contribution in [0.15, 0.2) is 15.9 Å². The minimum Gasteiger partial charge on any atom is -0.384 e. The van der Waals surface area contributed by atoms with Crippen LogP contribution in [0.4, 0.5) is 13.2 Å². The fraction of sp³-hybridized carbons (Fsp3) is 0.556. The molecular weight excluding hydrogens is 307 g/mol. The van der Waals surface area contributed by atoms with Gasteiger partial charge in [-0.2, -0.15) is 13.2 Å². The summed E-state index contributed by atoms with van der Waals surface area (Å²) in [5.41, 5.74) is 4.59. The molecule has 0 amide bonds. The van der Waals surface area contributed by atoms with Crippen LogP contribution in [0.5, 0.6) is 0 Å². The lowest BCUT2D eigenvalue weighted by Gasteiger charge is -2.27. The highest BCUT2D eigenvalue weighted by Gasteiger charge is 2.42. The highest BCUT2D eigenvalue weighted by Crippen LogP contribution is 2.34. The predicted octanol–water partition coefficient (Wildman–Crippen LogP) is 3.00. The molecule has 1 aromatic rings. The van der Waals surface area contributed by atoms with Gasteiger partial charge in [0.15, 0.2) is 6.10 Å². The SMILES string of the molecule is C[C@](N)(C[C@H](O)C(F)(F)F)c1cc(Br)cs1. The number of hydrogen-bond acceptors (Lipinski definition) is 3. The fourth-order valence-corrected chi connectivity index (χ4v) is 2.75. The van der Waals surface area contributed by atoms with Crippen molar-refractivity contribution in [2.75, 3.05) is 0 Å². The first-order chi connectivity index (χ1) is 7.13. The Hall–Kier alpha value is -0.110. The van der Waals surface area contributed by atoms with Crippen LogP contribution in [0, 0.1) is 0 Å². The van der Waals surface area contributed by atoms with Crippen molar-refractivity contribution in [1.29, 1.82) is 0 Å². The Morgan fingerprint density at radius 3 is 2.50 bits per heavy atom. The Morgan fingerprint density at radius 1 is 1.56 bits per heavy atom. The van der Waals surface area contributed by atoms with Crippen molar-refractivity contribution in [3.63, 3.8) is 0 Å². The average Bonchev–Trinajstić information content (AvgIpc) is 2.49. The summed E-state index contributed by atoms with van der Waals surface area (Å²) >= 11 is 4.46. The summed E-state index contributed by atoms with van der Waals surface area (Å²) in [5, 5.41) is 10.7. The van der Waals surface area contributed by atoms with E-state index < -0.39 is 24.2 Å². The molecule has 0 saturated carbocycles. The third kappa shape index (κ3) is 3.44. The van der Waals surface area contributed by atoms with Crippen LogP contribution < -0.4 is 5.73 Å². The van der Waals surface area contributed by atoms with Crippen LogP contribution in [0.3, 0.4) is 0 Å². The van der Waals surface area contributed by atoms with Gasteiger partial charge in [-0.05, 0) is 28.9 Å². The van der Waals surface area contributed by atoms with Crippen LogP contribution in [0.2, 0.25) is 0 Å². The first kappa shape index (κ1) is 14.0. The maximum atomic E-state index is 12.2. The zero-order chi connectivity index (χ0) is 12.6. The van der Waals surface area contributed by atoms with Gasteiger partial charge in [0.05, 0.1) is 5.54 Å². The Labute approximate surface area is 103 Å². The molecule has 0 aliphatic heterocycles. The molecule has 1 heterocycles. The van der Waals surface area contributed by atoms with E-state index in [2.05, 4.69) is 15.9 Å². The van der Waals surface area contributed by atoms with E-state index in [1.807, 2.05) is 0 Å². The molecule has 0 aliphatic carbocycles. The number of aliphatic hydroxyl groups excluding tert-OH is 1. The number of rotatable bonds is 3. The van der Waals surface area contributed by atoms with Gasteiger partial charge in [-0.3, -0.25) is 0 Å². The van der Waals surface area contributed by atoms with Crippen molar-refractivity contribution in [2.24, 2.45) is 5.73 Å². The van der Waals surface area contributed by atoms with Crippen molar-refractivity contribution in [3.8, 4) is 0 Å². The first-order valence-electron chi connectivity index (χ1n) is 4.41. The topological polar surface area (TPSA) is 46.2 Å². The monoisotopic (exact) mass is 317 g/mol. The molecule has 0 spiro atoms. The average molecular weight is 318 g/mol. The molecule has 2 atom stereocenters. The Kier molecular flexibility index (Phi) is 4.04. The summed E-state index contributed by atoms with van der Waals surface area (Å²) in [6.07, 6.45) is -7.58. The van der Waals surface area contributed by atoms with Gasteiger partial charge < -0.3 is 10.8 Å². The van der Waals surface area contributed by atoms with E-state index in [-0.39, 0.29) is 0 Å². The molecule has 0 aliphatic rings. The second-order valence-corrected chi connectivity index (χ2v) is 5.64. The zero-order valence-corrected chi connectivity index (χ0v) is 10.8.